The second-order valence-corrected chi connectivity index (χ2v) is 10.9. The first-order valence-corrected chi connectivity index (χ1v) is 13.3. The van der Waals surface area contributed by atoms with E-state index in [4.69, 9.17) is 14.7 Å². The fraction of sp³-hybridized carbons (Fsp3) is 0.483. The second kappa shape index (κ2) is 9.58. The quantitative estimate of drug-likeness (QED) is 0.409. The molecule has 1 aliphatic carbocycles. The maximum Gasteiger partial charge on any atom is 0.329 e. The summed E-state index contributed by atoms with van der Waals surface area (Å²) in [6.07, 6.45) is 9.09. The van der Waals surface area contributed by atoms with Gasteiger partial charge in [-0.15, -0.1) is 0 Å². The number of ether oxygens (including phenoxy) is 1. The van der Waals surface area contributed by atoms with E-state index in [1.807, 2.05) is 24.0 Å². The fourth-order valence-electron chi connectivity index (χ4n) is 6.20. The average Bonchev–Trinajstić information content (AvgIpc) is 3.53. The lowest BCUT2D eigenvalue weighted by atomic mass is 9.92. The van der Waals surface area contributed by atoms with E-state index in [0.29, 0.717) is 6.04 Å². The predicted molar refractivity (Wildman–Crippen MR) is 148 cm³/mol. The van der Waals surface area contributed by atoms with Crippen LogP contribution in [0, 0.1) is 0 Å². The van der Waals surface area contributed by atoms with Crippen molar-refractivity contribution in [1.29, 1.82) is 0 Å². The topological polar surface area (TPSA) is 68.4 Å². The first kappa shape index (κ1) is 24.1. The summed E-state index contributed by atoms with van der Waals surface area (Å²) in [5, 5.41) is 1.01. The summed E-state index contributed by atoms with van der Waals surface area (Å²) in [5.74, 6) is 1.03. The molecule has 3 aromatic heterocycles. The molecule has 1 saturated carbocycles. The molecule has 0 bridgehead atoms. The van der Waals surface area contributed by atoms with Gasteiger partial charge in [0.1, 0.15) is 5.82 Å². The van der Waals surface area contributed by atoms with E-state index in [1.165, 1.54) is 0 Å². The van der Waals surface area contributed by atoms with Crippen molar-refractivity contribution in [3.8, 4) is 11.1 Å². The molecule has 2 aliphatic rings. The molecule has 0 amide bonds. The van der Waals surface area contributed by atoms with Crippen molar-refractivity contribution in [2.24, 2.45) is 7.05 Å². The second-order valence-electron chi connectivity index (χ2n) is 10.9. The number of aryl methyl sites for hydroxylation is 1. The van der Waals surface area contributed by atoms with Crippen molar-refractivity contribution in [3.05, 3.63) is 53.2 Å². The molecule has 0 N–H and O–H groups in total. The van der Waals surface area contributed by atoms with Gasteiger partial charge in [0.05, 0.1) is 28.9 Å². The van der Waals surface area contributed by atoms with Gasteiger partial charge in [-0.05, 0) is 76.0 Å². The molecule has 4 aromatic rings. The van der Waals surface area contributed by atoms with Gasteiger partial charge in [-0.2, -0.15) is 0 Å². The van der Waals surface area contributed by atoms with Gasteiger partial charge >= 0.3 is 5.69 Å². The largest absolute Gasteiger partial charge is 0.381 e. The Kier molecular flexibility index (Phi) is 6.24. The molecular weight excluding hydrogens is 464 g/mol. The number of hydrogen-bond acceptors (Lipinski definition) is 6. The molecule has 0 spiro atoms. The van der Waals surface area contributed by atoms with Crippen molar-refractivity contribution in [1.82, 2.24) is 24.0 Å². The van der Waals surface area contributed by atoms with Gasteiger partial charge in [-0.3, -0.25) is 14.1 Å². The Morgan fingerprint density at radius 2 is 1.76 bits per heavy atom. The minimum Gasteiger partial charge on any atom is -0.381 e. The van der Waals surface area contributed by atoms with Gasteiger partial charge in [0.25, 0.3) is 0 Å². The minimum absolute atomic E-state index is 0.0308. The third-order valence-electron chi connectivity index (χ3n) is 8.56. The molecule has 0 unspecified atom stereocenters. The Hall–Kier alpha value is -3.23. The third-order valence-corrected chi connectivity index (χ3v) is 8.56. The molecule has 1 aromatic carbocycles. The lowest BCUT2D eigenvalue weighted by molar-refractivity contribution is 0.0585. The highest BCUT2D eigenvalue weighted by atomic mass is 16.5. The molecule has 4 heterocycles. The summed E-state index contributed by atoms with van der Waals surface area (Å²) in [7, 11) is 7.92. The Morgan fingerprint density at radius 1 is 0.973 bits per heavy atom. The van der Waals surface area contributed by atoms with Crippen LogP contribution >= 0.6 is 0 Å². The van der Waals surface area contributed by atoms with E-state index in [2.05, 4.69) is 54.2 Å². The summed E-state index contributed by atoms with van der Waals surface area (Å²) in [6.45, 7) is 2.05. The highest BCUT2D eigenvalue weighted by Gasteiger charge is 2.27. The number of rotatable bonds is 5. The zero-order valence-corrected chi connectivity index (χ0v) is 22.2. The van der Waals surface area contributed by atoms with Crippen LogP contribution < -0.4 is 10.6 Å². The normalized spacial score (nSPS) is 22.5. The molecule has 8 nitrogen and oxygen atoms in total. The standard InChI is InChI=1S/C29H36N6O2/c1-32(2)22-13-14-34(18-22)27-12-6-20(16-31-27)19-5-11-25-24(15-19)28-26(17-30-25)33(3)29(36)35(28)21-7-9-23(37-4)10-8-21/h5-6,11-12,15-17,21-23H,7-10,13-14,18H2,1-4H3/t21-,22-,23+/m1/s1. The van der Waals surface area contributed by atoms with Crippen LogP contribution in [0.25, 0.3) is 33.1 Å². The Labute approximate surface area is 217 Å². The van der Waals surface area contributed by atoms with Gasteiger partial charge < -0.3 is 14.5 Å². The van der Waals surface area contributed by atoms with E-state index in [9.17, 15) is 4.79 Å². The van der Waals surface area contributed by atoms with Crippen LogP contribution in [0.2, 0.25) is 0 Å². The van der Waals surface area contributed by atoms with E-state index >= 15 is 0 Å². The van der Waals surface area contributed by atoms with Crippen molar-refractivity contribution in [2.75, 3.05) is 39.2 Å². The summed E-state index contributed by atoms with van der Waals surface area (Å²) < 4.78 is 9.34. The van der Waals surface area contributed by atoms with E-state index < -0.39 is 0 Å². The van der Waals surface area contributed by atoms with Gasteiger partial charge in [0.15, 0.2) is 0 Å². The van der Waals surface area contributed by atoms with Gasteiger partial charge in [0.2, 0.25) is 0 Å². The molecule has 2 fully saturated rings. The number of fused-ring (bicyclic) bond motifs is 3. The lowest BCUT2D eigenvalue weighted by Gasteiger charge is -2.28. The Bertz CT molecular complexity index is 1480. The van der Waals surface area contributed by atoms with Crippen molar-refractivity contribution in [2.45, 2.75) is 50.3 Å². The Balaban J connectivity index is 1.38. The molecule has 194 valence electrons. The molecule has 6 rings (SSSR count). The number of nitrogens with zero attached hydrogens (tertiary/aromatic N) is 6. The van der Waals surface area contributed by atoms with Crippen molar-refractivity contribution >= 4 is 27.8 Å². The first-order chi connectivity index (χ1) is 17.9. The molecule has 37 heavy (non-hydrogen) atoms. The number of likely N-dealkylation sites (N-methyl/N-ethyl adjacent to an activating group) is 1. The summed E-state index contributed by atoms with van der Waals surface area (Å²) in [6, 6.07) is 11.4. The van der Waals surface area contributed by atoms with E-state index in [1.54, 1.807) is 11.7 Å². The van der Waals surface area contributed by atoms with Crippen LogP contribution in [0.15, 0.2) is 47.5 Å². The number of benzene rings is 1. The SMILES string of the molecule is CO[C@H]1CC[C@@H](n2c(=O)n(C)c3cnc4ccc(-c5ccc(N6CC[C@@H](N(C)C)C6)nc5)cc4c32)CC1. The van der Waals surface area contributed by atoms with Crippen LogP contribution in [0.1, 0.15) is 38.1 Å². The number of imidazole rings is 1. The minimum atomic E-state index is 0.0308. The molecule has 1 atom stereocenters. The van der Waals surface area contributed by atoms with E-state index in [0.717, 1.165) is 84.1 Å². The zero-order chi connectivity index (χ0) is 25.7. The van der Waals surface area contributed by atoms with E-state index in [-0.39, 0.29) is 17.8 Å². The van der Waals surface area contributed by atoms with Crippen molar-refractivity contribution in [3.63, 3.8) is 0 Å². The molecule has 1 saturated heterocycles. The predicted octanol–water partition coefficient (Wildman–Crippen LogP) is 4.22. The van der Waals surface area contributed by atoms with Crippen LogP contribution in [-0.4, -0.2) is 70.4 Å². The number of aromatic nitrogens is 4. The number of methoxy groups -OCH3 is 1. The van der Waals surface area contributed by atoms with Crippen molar-refractivity contribution < 1.29 is 4.74 Å². The smallest absolute Gasteiger partial charge is 0.329 e. The maximum absolute atomic E-state index is 13.4. The van der Waals surface area contributed by atoms with Crippen LogP contribution in [-0.2, 0) is 11.8 Å². The van der Waals surface area contributed by atoms with Gasteiger partial charge in [0, 0.05) is 56.5 Å². The van der Waals surface area contributed by atoms with Crippen LogP contribution in [0.5, 0.6) is 0 Å². The van der Waals surface area contributed by atoms with Gasteiger partial charge in [-0.25, -0.2) is 9.78 Å². The first-order valence-electron chi connectivity index (χ1n) is 13.3. The Morgan fingerprint density at radius 3 is 2.43 bits per heavy atom. The molecular formula is C29H36N6O2. The molecule has 0 radical (unpaired) electrons. The molecule has 8 heteroatoms. The third kappa shape index (κ3) is 4.22. The fourth-order valence-corrected chi connectivity index (χ4v) is 6.20. The van der Waals surface area contributed by atoms with Crippen LogP contribution in [0.4, 0.5) is 5.82 Å². The van der Waals surface area contributed by atoms with Gasteiger partial charge in [-0.1, -0.05) is 6.07 Å². The zero-order valence-electron chi connectivity index (χ0n) is 22.2. The average molecular weight is 501 g/mol. The number of pyridine rings is 2. The number of hydrogen-bond donors (Lipinski definition) is 0. The summed E-state index contributed by atoms with van der Waals surface area (Å²) in [5.41, 5.74) is 4.94. The number of anilines is 1. The molecule has 1 aliphatic heterocycles. The summed E-state index contributed by atoms with van der Waals surface area (Å²) >= 11 is 0. The monoisotopic (exact) mass is 500 g/mol. The maximum atomic E-state index is 13.4. The lowest BCUT2D eigenvalue weighted by Crippen LogP contribution is -2.31. The van der Waals surface area contributed by atoms with Crippen LogP contribution in [0.3, 0.4) is 0 Å². The summed E-state index contributed by atoms with van der Waals surface area (Å²) in [4.78, 5) is 27.6. The highest BCUT2D eigenvalue weighted by molar-refractivity contribution is 6.04. The highest BCUT2D eigenvalue weighted by Crippen LogP contribution is 2.35.